The zero-order chi connectivity index (χ0) is 16.9. The molecular weight excluding hydrogens is 385 g/mol. The van der Waals surface area contributed by atoms with Crippen LogP contribution in [0.3, 0.4) is 0 Å². The van der Waals surface area contributed by atoms with Crippen molar-refractivity contribution < 1.29 is 18.5 Å². The lowest BCUT2D eigenvalue weighted by atomic mass is 10.0. The molecule has 0 aliphatic carbocycles. The summed E-state index contributed by atoms with van der Waals surface area (Å²) >= 11 is 0. The number of nitrogens with zero attached hydrogens (tertiary/aromatic N) is 1. The molecule has 0 aliphatic rings. The summed E-state index contributed by atoms with van der Waals surface area (Å²) in [7, 11) is 0. The molecule has 5 heteroatoms. The average Bonchev–Trinajstić information content (AvgIpc) is 2.63. The van der Waals surface area contributed by atoms with Gasteiger partial charge in [0.05, 0.1) is 0 Å². The lowest BCUT2D eigenvalue weighted by Gasteiger charge is -2.01. The Hall–Kier alpha value is -2.66. The number of hydrogen-bond acceptors (Lipinski definition) is 2. The standard InChI is InChI=1S/C20H15FNO2.BrH/c21-18-8-6-15(7-9-18)19(23)14-22-12-10-17(11-13-22)20(24)16-4-2-1-3-5-16;/h1-13H,14H2;1H/q+1;. The molecular formula is C20H16BrFNO2+. The normalized spacial score (nSPS) is 9.96. The van der Waals surface area contributed by atoms with Gasteiger partial charge in [0.25, 0.3) is 0 Å². The molecule has 3 aromatic rings. The molecule has 126 valence electrons. The highest BCUT2D eigenvalue weighted by Gasteiger charge is 2.14. The summed E-state index contributed by atoms with van der Waals surface area (Å²) in [6, 6.07) is 17.9. The molecule has 25 heavy (non-hydrogen) atoms. The third-order valence-electron chi connectivity index (χ3n) is 3.68. The van der Waals surface area contributed by atoms with Crippen LogP contribution in [-0.2, 0) is 6.54 Å². The molecule has 0 saturated carbocycles. The summed E-state index contributed by atoms with van der Waals surface area (Å²) in [5, 5.41) is 0. The quantitative estimate of drug-likeness (QED) is 0.482. The summed E-state index contributed by atoms with van der Waals surface area (Å²) in [6.07, 6.45) is 3.38. The SMILES string of the molecule is Br.O=C(C[n+]1ccc(C(=O)c2ccccc2)cc1)c1ccc(F)cc1. The molecule has 0 radical (unpaired) electrons. The largest absolute Gasteiger partial charge is 0.289 e. The van der Waals surface area contributed by atoms with Crippen LogP contribution in [0.5, 0.6) is 0 Å². The van der Waals surface area contributed by atoms with Crippen molar-refractivity contribution in [2.45, 2.75) is 6.54 Å². The van der Waals surface area contributed by atoms with Gasteiger partial charge in [-0.15, -0.1) is 17.0 Å². The number of Topliss-reactive ketones (excluding diaryl/α,β-unsaturated/α-hetero) is 1. The monoisotopic (exact) mass is 400 g/mol. The minimum Gasteiger partial charge on any atom is -0.289 e. The van der Waals surface area contributed by atoms with Crippen LogP contribution >= 0.6 is 17.0 Å². The van der Waals surface area contributed by atoms with E-state index in [-0.39, 0.29) is 40.9 Å². The van der Waals surface area contributed by atoms with E-state index in [1.807, 2.05) is 18.2 Å². The van der Waals surface area contributed by atoms with Crippen LogP contribution in [-0.4, -0.2) is 11.6 Å². The minimum absolute atomic E-state index is 0. The van der Waals surface area contributed by atoms with E-state index in [1.165, 1.54) is 24.3 Å². The molecule has 0 fully saturated rings. The van der Waals surface area contributed by atoms with Crippen LogP contribution in [0.2, 0.25) is 0 Å². The van der Waals surface area contributed by atoms with Crippen LogP contribution in [0.1, 0.15) is 26.3 Å². The average molecular weight is 401 g/mol. The topological polar surface area (TPSA) is 38.0 Å². The minimum atomic E-state index is -0.372. The second-order valence-corrected chi connectivity index (χ2v) is 5.38. The van der Waals surface area contributed by atoms with Crippen LogP contribution in [0.15, 0.2) is 79.1 Å². The predicted octanol–water partition coefficient (Wildman–Crippen LogP) is 3.81. The highest BCUT2D eigenvalue weighted by Crippen LogP contribution is 2.08. The van der Waals surface area contributed by atoms with Gasteiger partial charge in [-0.2, -0.15) is 4.57 Å². The summed E-state index contributed by atoms with van der Waals surface area (Å²) in [6.45, 7) is 0.130. The molecule has 0 atom stereocenters. The van der Waals surface area contributed by atoms with E-state index in [1.54, 1.807) is 41.2 Å². The number of aromatic nitrogens is 1. The van der Waals surface area contributed by atoms with E-state index in [4.69, 9.17) is 0 Å². The fraction of sp³-hybridized carbons (Fsp3) is 0.0500. The molecule has 0 spiro atoms. The number of ketones is 2. The molecule has 0 aliphatic heterocycles. The molecule has 1 aromatic heterocycles. The van der Waals surface area contributed by atoms with Crippen molar-refractivity contribution in [3.63, 3.8) is 0 Å². The summed E-state index contributed by atoms with van der Waals surface area (Å²) in [4.78, 5) is 24.5. The van der Waals surface area contributed by atoms with Gasteiger partial charge in [0.2, 0.25) is 12.3 Å². The fourth-order valence-corrected chi connectivity index (χ4v) is 2.36. The van der Waals surface area contributed by atoms with Crippen molar-refractivity contribution in [3.05, 3.63) is 102 Å². The third kappa shape index (κ3) is 4.67. The Balaban J connectivity index is 0.00000225. The molecule has 0 N–H and O–H groups in total. The van der Waals surface area contributed by atoms with E-state index in [2.05, 4.69) is 0 Å². The molecule has 2 aromatic carbocycles. The first kappa shape index (κ1) is 18.7. The van der Waals surface area contributed by atoms with Crippen molar-refractivity contribution in [1.82, 2.24) is 0 Å². The van der Waals surface area contributed by atoms with Crippen molar-refractivity contribution >= 4 is 28.5 Å². The van der Waals surface area contributed by atoms with Crippen molar-refractivity contribution in [3.8, 4) is 0 Å². The van der Waals surface area contributed by atoms with Crippen LogP contribution in [0, 0.1) is 5.82 Å². The van der Waals surface area contributed by atoms with Crippen LogP contribution in [0.4, 0.5) is 4.39 Å². The van der Waals surface area contributed by atoms with Gasteiger partial charge in [0.1, 0.15) is 5.82 Å². The molecule has 0 amide bonds. The lowest BCUT2D eigenvalue weighted by Crippen LogP contribution is -2.37. The number of carbonyl (C=O) groups is 2. The number of pyridine rings is 1. The number of halogens is 2. The maximum atomic E-state index is 12.9. The molecule has 0 unspecified atom stereocenters. The van der Waals surface area contributed by atoms with Gasteiger partial charge in [0, 0.05) is 28.8 Å². The summed E-state index contributed by atoms with van der Waals surface area (Å²) in [5.41, 5.74) is 1.64. The Labute approximate surface area is 155 Å². The Morgan fingerprint density at radius 2 is 1.32 bits per heavy atom. The number of hydrogen-bond donors (Lipinski definition) is 0. The van der Waals surface area contributed by atoms with Gasteiger partial charge in [0.15, 0.2) is 18.2 Å². The van der Waals surface area contributed by atoms with E-state index < -0.39 is 0 Å². The first-order valence-corrected chi connectivity index (χ1v) is 7.51. The summed E-state index contributed by atoms with van der Waals surface area (Å²) in [5.74, 6) is -0.558. The Morgan fingerprint density at radius 3 is 1.92 bits per heavy atom. The number of rotatable bonds is 5. The van der Waals surface area contributed by atoms with Crippen molar-refractivity contribution in [2.24, 2.45) is 0 Å². The Kier molecular flexibility index (Phi) is 6.31. The first-order valence-electron chi connectivity index (χ1n) is 7.51. The number of benzene rings is 2. The van der Waals surface area contributed by atoms with Crippen molar-refractivity contribution in [2.75, 3.05) is 0 Å². The maximum absolute atomic E-state index is 12.9. The predicted molar refractivity (Wildman–Crippen MR) is 97.6 cm³/mol. The summed E-state index contributed by atoms with van der Waals surface area (Å²) < 4.78 is 14.6. The van der Waals surface area contributed by atoms with Crippen molar-refractivity contribution in [1.29, 1.82) is 0 Å². The molecule has 3 rings (SSSR count). The molecule has 0 saturated heterocycles. The Morgan fingerprint density at radius 1 is 0.760 bits per heavy atom. The molecule has 0 bridgehead atoms. The number of carbonyl (C=O) groups excluding carboxylic acids is 2. The second kappa shape index (κ2) is 8.44. The van der Waals surface area contributed by atoms with Gasteiger partial charge >= 0.3 is 0 Å². The fourth-order valence-electron chi connectivity index (χ4n) is 2.36. The van der Waals surface area contributed by atoms with E-state index in [9.17, 15) is 14.0 Å². The highest BCUT2D eigenvalue weighted by atomic mass is 79.9. The second-order valence-electron chi connectivity index (χ2n) is 5.38. The van der Waals surface area contributed by atoms with Gasteiger partial charge in [-0.05, 0) is 24.3 Å². The zero-order valence-electron chi connectivity index (χ0n) is 13.3. The van der Waals surface area contributed by atoms with Gasteiger partial charge in [-0.25, -0.2) is 4.39 Å². The van der Waals surface area contributed by atoms with Crippen LogP contribution in [0.25, 0.3) is 0 Å². The highest BCUT2D eigenvalue weighted by molar-refractivity contribution is 8.93. The molecule has 1 heterocycles. The zero-order valence-corrected chi connectivity index (χ0v) is 15.0. The van der Waals surface area contributed by atoms with Gasteiger partial charge in [-0.1, -0.05) is 30.3 Å². The van der Waals surface area contributed by atoms with E-state index in [0.29, 0.717) is 16.7 Å². The first-order chi connectivity index (χ1) is 11.6. The van der Waals surface area contributed by atoms with E-state index in [0.717, 1.165) is 0 Å². The smallest absolute Gasteiger partial charge is 0.227 e. The van der Waals surface area contributed by atoms with Crippen LogP contribution < -0.4 is 4.57 Å². The van der Waals surface area contributed by atoms with Gasteiger partial charge < -0.3 is 0 Å². The third-order valence-corrected chi connectivity index (χ3v) is 3.68. The Bertz CT molecular complexity index is 862. The van der Waals surface area contributed by atoms with Gasteiger partial charge in [-0.3, -0.25) is 9.59 Å². The lowest BCUT2D eigenvalue weighted by molar-refractivity contribution is -0.683. The molecule has 3 nitrogen and oxygen atoms in total. The van der Waals surface area contributed by atoms with E-state index >= 15 is 0 Å². The maximum Gasteiger partial charge on any atom is 0.227 e.